The van der Waals surface area contributed by atoms with Crippen molar-refractivity contribution in [2.45, 2.75) is 50.8 Å². The van der Waals surface area contributed by atoms with Crippen molar-refractivity contribution in [3.8, 4) is 0 Å². The number of rotatable bonds is 7. The third-order valence-corrected chi connectivity index (χ3v) is 6.04. The summed E-state index contributed by atoms with van der Waals surface area (Å²) in [4.78, 5) is 4.96. The SMILES string of the molecule is CON=C(c1ccc(Cc2cc(C3OC(CO)C(O)C(O)C3O)ccc2Cl)cc1)C(C)C. The van der Waals surface area contributed by atoms with E-state index in [2.05, 4.69) is 19.0 Å². The smallest absolute Gasteiger partial charge is 0.113 e. The van der Waals surface area contributed by atoms with E-state index < -0.39 is 37.1 Å². The minimum absolute atomic E-state index is 0.213. The van der Waals surface area contributed by atoms with E-state index in [1.165, 1.54) is 7.11 Å². The lowest BCUT2D eigenvalue weighted by atomic mass is 9.90. The Bertz CT molecular complexity index is 931. The van der Waals surface area contributed by atoms with Crippen LogP contribution < -0.4 is 0 Å². The van der Waals surface area contributed by atoms with Crippen molar-refractivity contribution in [2.24, 2.45) is 11.1 Å². The lowest BCUT2D eigenvalue weighted by Crippen LogP contribution is -2.55. The molecular formula is C24H30ClNO6. The fourth-order valence-electron chi connectivity index (χ4n) is 3.89. The molecule has 3 rings (SSSR count). The monoisotopic (exact) mass is 463 g/mol. The maximum Gasteiger partial charge on any atom is 0.113 e. The summed E-state index contributed by atoms with van der Waals surface area (Å²) in [6.45, 7) is 3.63. The molecular weight excluding hydrogens is 434 g/mol. The predicted octanol–water partition coefficient (Wildman–Crippen LogP) is 2.45. The van der Waals surface area contributed by atoms with Gasteiger partial charge < -0.3 is 30.0 Å². The lowest BCUT2D eigenvalue weighted by Gasteiger charge is -2.40. The molecule has 174 valence electrons. The average molecular weight is 464 g/mol. The van der Waals surface area contributed by atoms with Gasteiger partial charge in [0.1, 0.15) is 37.6 Å². The average Bonchev–Trinajstić information content (AvgIpc) is 2.78. The van der Waals surface area contributed by atoms with Crippen LogP contribution in [-0.4, -0.2) is 64.3 Å². The summed E-state index contributed by atoms with van der Waals surface area (Å²) in [6.07, 6.45) is -5.48. The minimum atomic E-state index is -1.43. The van der Waals surface area contributed by atoms with Crippen LogP contribution in [0.25, 0.3) is 0 Å². The van der Waals surface area contributed by atoms with Crippen LogP contribution in [0.3, 0.4) is 0 Å². The highest BCUT2D eigenvalue weighted by Crippen LogP contribution is 2.34. The lowest BCUT2D eigenvalue weighted by molar-refractivity contribution is -0.231. The first-order chi connectivity index (χ1) is 15.3. The van der Waals surface area contributed by atoms with Crippen molar-refractivity contribution in [1.82, 2.24) is 0 Å². The van der Waals surface area contributed by atoms with E-state index >= 15 is 0 Å². The quantitative estimate of drug-likeness (QED) is 0.370. The van der Waals surface area contributed by atoms with Crippen LogP contribution in [0.2, 0.25) is 5.02 Å². The Balaban J connectivity index is 1.83. The van der Waals surface area contributed by atoms with Crippen molar-refractivity contribution in [1.29, 1.82) is 0 Å². The fourth-order valence-corrected chi connectivity index (χ4v) is 4.07. The van der Waals surface area contributed by atoms with Crippen LogP contribution in [0.15, 0.2) is 47.6 Å². The molecule has 0 radical (unpaired) electrons. The van der Waals surface area contributed by atoms with Crippen LogP contribution in [0.5, 0.6) is 0 Å². The van der Waals surface area contributed by atoms with Gasteiger partial charge in [0.25, 0.3) is 0 Å². The van der Waals surface area contributed by atoms with Crippen LogP contribution in [-0.2, 0) is 16.0 Å². The number of nitrogens with zero attached hydrogens (tertiary/aromatic N) is 1. The maximum absolute atomic E-state index is 10.4. The van der Waals surface area contributed by atoms with E-state index in [0.717, 1.165) is 22.4 Å². The molecule has 0 aromatic heterocycles. The molecule has 8 heteroatoms. The standard InChI is InChI=1S/C24H30ClNO6/c1-13(2)20(26-31-3)15-6-4-14(5-7-15)10-17-11-16(8-9-18(17)25)24-23(30)22(29)21(28)19(12-27)32-24/h4-9,11,13,19,21-24,27-30H,10,12H2,1-3H3. The normalized spacial score (nSPS) is 26.4. The Morgan fingerprint density at radius 3 is 2.34 bits per heavy atom. The molecule has 1 aliphatic rings. The molecule has 0 aliphatic carbocycles. The topological polar surface area (TPSA) is 112 Å². The summed E-state index contributed by atoms with van der Waals surface area (Å²) in [5.41, 5.74) is 4.30. The van der Waals surface area contributed by atoms with Crippen LogP contribution in [0, 0.1) is 5.92 Å². The van der Waals surface area contributed by atoms with Crippen molar-refractivity contribution in [3.05, 3.63) is 69.7 Å². The summed E-state index contributed by atoms with van der Waals surface area (Å²) in [5.74, 6) is 0.213. The Morgan fingerprint density at radius 2 is 1.75 bits per heavy atom. The fraction of sp³-hybridized carbons (Fsp3) is 0.458. The highest BCUT2D eigenvalue weighted by atomic mass is 35.5. The zero-order valence-corrected chi connectivity index (χ0v) is 19.1. The second-order valence-corrected chi connectivity index (χ2v) is 8.70. The molecule has 7 nitrogen and oxygen atoms in total. The minimum Gasteiger partial charge on any atom is -0.399 e. The molecule has 1 fully saturated rings. The summed E-state index contributed by atoms with van der Waals surface area (Å²) in [7, 11) is 1.53. The van der Waals surface area contributed by atoms with Gasteiger partial charge in [-0.25, -0.2) is 0 Å². The molecule has 1 aliphatic heterocycles. The first-order valence-electron chi connectivity index (χ1n) is 10.6. The predicted molar refractivity (Wildman–Crippen MR) is 122 cm³/mol. The maximum atomic E-state index is 10.4. The van der Waals surface area contributed by atoms with E-state index in [1.54, 1.807) is 12.1 Å². The number of hydrogen-bond donors (Lipinski definition) is 4. The number of benzene rings is 2. The van der Waals surface area contributed by atoms with Crippen molar-refractivity contribution >= 4 is 17.3 Å². The number of aliphatic hydroxyl groups is 4. The van der Waals surface area contributed by atoms with E-state index in [9.17, 15) is 20.4 Å². The summed E-state index contributed by atoms with van der Waals surface area (Å²) >= 11 is 6.43. The van der Waals surface area contributed by atoms with E-state index in [-0.39, 0.29) is 5.92 Å². The van der Waals surface area contributed by atoms with Gasteiger partial charge in [0.2, 0.25) is 0 Å². The Morgan fingerprint density at radius 1 is 1.06 bits per heavy atom. The molecule has 5 unspecified atom stereocenters. The van der Waals surface area contributed by atoms with Gasteiger partial charge in [-0.1, -0.05) is 67.0 Å². The van der Waals surface area contributed by atoms with Crippen LogP contribution >= 0.6 is 11.6 Å². The van der Waals surface area contributed by atoms with E-state index in [4.69, 9.17) is 21.2 Å². The van der Waals surface area contributed by atoms with Gasteiger partial charge in [-0.05, 0) is 40.7 Å². The molecule has 5 atom stereocenters. The van der Waals surface area contributed by atoms with Crippen LogP contribution in [0.4, 0.5) is 0 Å². The molecule has 1 heterocycles. The summed E-state index contributed by atoms with van der Waals surface area (Å²) in [6, 6.07) is 13.2. The van der Waals surface area contributed by atoms with Gasteiger partial charge in [-0.15, -0.1) is 0 Å². The van der Waals surface area contributed by atoms with Crippen LogP contribution in [0.1, 0.15) is 42.2 Å². The Kier molecular flexibility index (Phi) is 8.27. The third-order valence-electron chi connectivity index (χ3n) is 5.67. The third kappa shape index (κ3) is 5.31. The van der Waals surface area contributed by atoms with Crippen molar-refractivity contribution in [2.75, 3.05) is 13.7 Å². The van der Waals surface area contributed by atoms with Gasteiger partial charge in [0.15, 0.2) is 0 Å². The summed E-state index contributed by atoms with van der Waals surface area (Å²) in [5, 5.41) is 44.7. The second-order valence-electron chi connectivity index (χ2n) is 8.29. The first kappa shape index (κ1) is 24.6. The molecule has 0 spiro atoms. The number of aliphatic hydroxyl groups excluding tert-OH is 4. The molecule has 32 heavy (non-hydrogen) atoms. The molecule has 0 amide bonds. The van der Waals surface area contributed by atoms with E-state index in [0.29, 0.717) is 17.0 Å². The second kappa shape index (κ2) is 10.7. The molecule has 4 N–H and O–H groups in total. The largest absolute Gasteiger partial charge is 0.399 e. The first-order valence-corrected chi connectivity index (χ1v) is 10.9. The molecule has 0 saturated carbocycles. The zero-order valence-electron chi connectivity index (χ0n) is 18.4. The van der Waals surface area contributed by atoms with Gasteiger partial charge in [0, 0.05) is 5.02 Å². The highest BCUT2D eigenvalue weighted by Gasteiger charge is 2.44. The van der Waals surface area contributed by atoms with Gasteiger partial charge in [-0.2, -0.15) is 0 Å². The molecule has 2 aromatic rings. The molecule has 1 saturated heterocycles. The summed E-state index contributed by atoms with van der Waals surface area (Å²) < 4.78 is 5.67. The Hall–Kier alpha value is -2.00. The van der Waals surface area contributed by atoms with Gasteiger partial charge in [-0.3, -0.25) is 0 Å². The zero-order chi connectivity index (χ0) is 23.4. The molecule has 0 bridgehead atoms. The number of halogens is 1. The number of oxime groups is 1. The van der Waals surface area contributed by atoms with Gasteiger partial charge in [0.05, 0.1) is 12.3 Å². The number of ether oxygens (including phenoxy) is 1. The number of hydrogen-bond acceptors (Lipinski definition) is 7. The molecule has 2 aromatic carbocycles. The van der Waals surface area contributed by atoms with Crippen molar-refractivity contribution in [3.63, 3.8) is 0 Å². The Labute approximate surface area is 192 Å². The van der Waals surface area contributed by atoms with Gasteiger partial charge >= 0.3 is 0 Å². The van der Waals surface area contributed by atoms with Crippen molar-refractivity contribution < 1.29 is 30.0 Å². The highest BCUT2D eigenvalue weighted by molar-refractivity contribution is 6.31. The van der Waals surface area contributed by atoms with E-state index in [1.807, 2.05) is 30.3 Å².